The molecule has 1 aromatic heterocycles. The van der Waals surface area contributed by atoms with Gasteiger partial charge in [0.15, 0.2) is 0 Å². The van der Waals surface area contributed by atoms with Gasteiger partial charge in [0.1, 0.15) is 17.2 Å². The molecule has 2 atom stereocenters. The molecule has 0 spiro atoms. The molecule has 5 heteroatoms. The predicted molar refractivity (Wildman–Crippen MR) is 61.1 cm³/mol. The number of piperidine rings is 1. The van der Waals surface area contributed by atoms with E-state index in [0.717, 1.165) is 35.8 Å². The molecule has 0 bridgehead atoms. The number of hydrogen-bond acceptors (Lipinski definition) is 5. The molecule has 4 nitrogen and oxygen atoms in total. The Bertz CT molecular complexity index is 360. The van der Waals surface area contributed by atoms with Gasteiger partial charge in [0.25, 0.3) is 0 Å². The Morgan fingerprint density at radius 1 is 1.40 bits per heavy atom. The van der Waals surface area contributed by atoms with Gasteiger partial charge in [0.05, 0.1) is 0 Å². The normalized spacial score (nSPS) is 32.5. The lowest BCUT2D eigenvalue weighted by Crippen LogP contribution is -2.21. The van der Waals surface area contributed by atoms with E-state index in [9.17, 15) is 0 Å². The monoisotopic (exact) mass is 222 g/mol. The highest BCUT2D eigenvalue weighted by Gasteiger charge is 2.53. The molecule has 1 aliphatic carbocycles. The van der Waals surface area contributed by atoms with Crippen molar-refractivity contribution in [3.8, 4) is 0 Å². The van der Waals surface area contributed by atoms with E-state index in [1.165, 1.54) is 0 Å². The van der Waals surface area contributed by atoms with E-state index in [2.05, 4.69) is 20.6 Å². The van der Waals surface area contributed by atoms with Gasteiger partial charge in [0, 0.05) is 25.2 Å². The number of fused-ring (bicyclic) bond motifs is 1. The minimum atomic E-state index is 0.635. The molecule has 1 aromatic rings. The van der Waals surface area contributed by atoms with E-state index >= 15 is 0 Å². The van der Waals surface area contributed by atoms with Crippen LogP contribution < -0.4 is 10.6 Å². The molecule has 15 heavy (non-hydrogen) atoms. The molecule has 1 aliphatic heterocycles. The van der Waals surface area contributed by atoms with Crippen molar-refractivity contribution in [2.75, 3.05) is 24.7 Å². The molecule has 1 saturated heterocycles. The van der Waals surface area contributed by atoms with Gasteiger partial charge in [-0.25, -0.2) is 9.97 Å². The van der Waals surface area contributed by atoms with Crippen molar-refractivity contribution in [2.45, 2.75) is 11.1 Å². The van der Waals surface area contributed by atoms with Crippen LogP contribution in [0.5, 0.6) is 0 Å². The molecule has 0 radical (unpaired) electrons. The maximum Gasteiger partial charge on any atom is 0.130 e. The van der Waals surface area contributed by atoms with Crippen LogP contribution in [0.4, 0.5) is 5.82 Å². The smallest absolute Gasteiger partial charge is 0.130 e. The SMILES string of the molecule is CSc1cc(NC2C3CNCC32)ncn1. The summed E-state index contributed by atoms with van der Waals surface area (Å²) in [4.78, 5) is 8.40. The molecule has 2 N–H and O–H groups in total. The Labute approximate surface area is 93.3 Å². The predicted octanol–water partition coefficient (Wildman–Crippen LogP) is 0.828. The number of anilines is 1. The summed E-state index contributed by atoms with van der Waals surface area (Å²) in [5.74, 6) is 2.60. The second-order valence-corrected chi connectivity index (χ2v) is 4.93. The fraction of sp³-hybridized carbons (Fsp3) is 0.600. The molecule has 3 rings (SSSR count). The van der Waals surface area contributed by atoms with E-state index in [1.807, 2.05) is 12.3 Å². The third-order valence-corrected chi connectivity index (χ3v) is 3.90. The first-order chi connectivity index (χ1) is 7.38. The quantitative estimate of drug-likeness (QED) is 0.586. The van der Waals surface area contributed by atoms with Crippen LogP contribution >= 0.6 is 11.8 Å². The number of hydrogen-bond donors (Lipinski definition) is 2. The molecular formula is C10H14N4S. The highest BCUT2D eigenvalue weighted by Crippen LogP contribution is 2.43. The summed E-state index contributed by atoms with van der Waals surface area (Å²) < 4.78 is 0. The van der Waals surface area contributed by atoms with E-state index < -0.39 is 0 Å². The van der Waals surface area contributed by atoms with E-state index in [0.29, 0.717) is 6.04 Å². The summed E-state index contributed by atoms with van der Waals surface area (Å²) in [5, 5.41) is 7.90. The van der Waals surface area contributed by atoms with Crippen LogP contribution in [0.15, 0.2) is 17.4 Å². The van der Waals surface area contributed by atoms with Gasteiger partial charge in [-0.05, 0) is 18.1 Å². The molecule has 2 aliphatic rings. The summed E-state index contributed by atoms with van der Waals surface area (Å²) in [5.41, 5.74) is 0. The van der Waals surface area contributed by atoms with Crippen LogP contribution in [0.1, 0.15) is 0 Å². The van der Waals surface area contributed by atoms with Crippen molar-refractivity contribution in [2.24, 2.45) is 11.8 Å². The zero-order chi connectivity index (χ0) is 10.3. The van der Waals surface area contributed by atoms with Crippen LogP contribution in [0.25, 0.3) is 0 Å². The van der Waals surface area contributed by atoms with Gasteiger partial charge >= 0.3 is 0 Å². The molecule has 2 heterocycles. The van der Waals surface area contributed by atoms with E-state index in [1.54, 1.807) is 18.1 Å². The maximum atomic E-state index is 4.24. The van der Waals surface area contributed by atoms with Crippen molar-refractivity contribution >= 4 is 17.6 Å². The van der Waals surface area contributed by atoms with Gasteiger partial charge < -0.3 is 10.6 Å². The van der Waals surface area contributed by atoms with Crippen molar-refractivity contribution in [1.29, 1.82) is 0 Å². The summed E-state index contributed by atoms with van der Waals surface area (Å²) in [6.45, 7) is 2.31. The lowest BCUT2D eigenvalue weighted by molar-refractivity contribution is 0.695. The summed E-state index contributed by atoms with van der Waals surface area (Å²) in [7, 11) is 0. The second-order valence-electron chi connectivity index (χ2n) is 4.10. The maximum absolute atomic E-state index is 4.24. The Balaban J connectivity index is 1.67. The summed E-state index contributed by atoms with van der Waals surface area (Å²) in [6.07, 6.45) is 3.66. The Morgan fingerprint density at radius 2 is 2.20 bits per heavy atom. The number of nitrogens with one attached hydrogen (secondary N) is 2. The molecule has 0 aromatic carbocycles. The molecule has 2 unspecified atom stereocenters. The second kappa shape index (κ2) is 3.64. The van der Waals surface area contributed by atoms with Gasteiger partial charge in [-0.2, -0.15) is 0 Å². The average Bonchev–Trinajstić information content (AvgIpc) is 2.75. The van der Waals surface area contributed by atoms with Gasteiger partial charge in [-0.15, -0.1) is 11.8 Å². The Hall–Kier alpha value is -0.810. The van der Waals surface area contributed by atoms with Crippen LogP contribution in [0.3, 0.4) is 0 Å². The van der Waals surface area contributed by atoms with Crippen molar-refractivity contribution < 1.29 is 0 Å². The number of rotatable bonds is 3. The van der Waals surface area contributed by atoms with Crippen LogP contribution in [0.2, 0.25) is 0 Å². The summed E-state index contributed by atoms with van der Waals surface area (Å²) >= 11 is 1.65. The standard InChI is InChI=1S/C10H14N4S/c1-15-9-2-8(12-5-13-9)14-10-6-3-11-4-7(6)10/h2,5-7,10-11H,3-4H2,1H3,(H,12,13,14). The van der Waals surface area contributed by atoms with Crippen molar-refractivity contribution in [3.05, 3.63) is 12.4 Å². The van der Waals surface area contributed by atoms with Gasteiger partial charge in [0.2, 0.25) is 0 Å². The van der Waals surface area contributed by atoms with Gasteiger partial charge in [-0.3, -0.25) is 0 Å². The van der Waals surface area contributed by atoms with Crippen molar-refractivity contribution in [3.63, 3.8) is 0 Å². The highest BCUT2D eigenvalue weighted by molar-refractivity contribution is 7.98. The highest BCUT2D eigenvalue weighted by atomic mass is 32.2. The molecule has 0 amide bonds. The third kappa shape index (κ3) is 1.70. The lowest BCUT2D eigenvalue weighted by atomic mass is 10.4. The average molecular weight is 222 g/mol. The first-order valence-corrected chi connectivity index (χ1v) is 6.44. The third-order valence-electron chi connectivity index (χ3n) is 3.26. The molecule has 80 valence electrons. The molecule has 2 fully saturated rings. The van der Waals surface area contributed by atoms with Crippen LogP contribution in [-0.4, -0.2) is 35.4 Å². The van der Waals surface area contributed by atoms with Crippen LogP contribution in [-0.2, 0) is 0 Å². The molecular weight excluding hydrogens is 208 g/mol. The number of thioether (sulfide) groups is 1. The minimum Gasteiger partial charge on any atom is -0.367 e. The summed E-state index contributed by atoms with van der Waals surface area (Å²) in [6, 6.07) is 2.66. The van der Waals surface area contributed by atoms with E-state index in [4.69, 9.17) is 0 Å². The minimum absolute atomic E-state index is 0.635. The largest absolute Gasteiger partial charge is 0.367 e. The zero-order valence-electron chi connectivity index (χ0n) is 8.60. The van der Waals surface area contributed by atoms with Crippen LogP contribution in [0, 0.1) is 11.8 Å². The zero-order valence-corrected chi connectivity index (χ0v) is 9.42. The Morgan fingerprint density at radius 3 is 2.93 bits per heavy atom. The number of aromatic nitrogens is 2. The fourth-order valence-corrected chi connectivity index (χ4v) is 2.72. The van der Waals surface area contributed by atoms with E-state index in [-0.39, 0.29) is 0 Å². The van der Waals surface area contributed by atoms with Crippen molar-refractivity contribution in [1.82, 2.24) is 15.3 Å². The topological polar surface area (TPSA) is 49.8 Å². The first-order valence-electron chi connectivity index (χ1n) is 5.22. The number of nitrogens with zero attached hydrogens (tertiary/aromatic N) is 2. The lowest BCUT2D eigenvalue weighted by Gasteiger charge is -2.08. The van der Waals surface area contributed by atoms with Gasteiger partial charge in [-0.1, -0.05) is 0 Å². The first kappa shape index (κ1) is 9.42. The molecule has 1 saturated carbocycles. The Kier molecular flexibility index (Phi) is 2.29. The fourth-order valence-electron chi connectivity index (χ4n) is 2.33.